The van der Waals surface area contributed by atoms with E-state index in [0.717, 1.165) is 13.0 Å². The molecule has 4 nitrogen and oxygen atoms in total. The number of nitrogens with one attached hydrogen (secondary N) is 2. The Hall–Kier alpha value is -1.62. The van der Waals surface area contributed by atoms with Gasteiger partial charge in [0.2, 0.25) is 5.91 Å². The highest BCUT2D eigenvalue weighted by atomic mass is 19.1. The van der Waals surface area contributed by atoms with E-state index >= 15 is 0 Å². The molecule has 1 unspecified atom stereocenters. The first-order chi connectivity index (χ1) is 9.49. The summed E-state index contributed by atoms with van der Waals surface area (Å²) in [6, 6.07) is 4.11. The predicted molar refractivity (Wildman–Crippen MR) is 76.3 cm³/mol. The summed E-state index contributed by atoms with van der Waals surface area (Å²) in [7, 11) is 1.46. The molecule has 0 radical (unpaired) electrons. The molecule has 0 saturated carbocycles. The summed E-state index contributed by atoms with van der Waals surface area (Å²) in [4.78, 5) is 12.6. The van der Waals surface area contributed by atoms with Crippen LogP contribution in [-0.2, 0) is 4.79 Å². The topological polar surface area (TPSA) is 50.4 Å². The van der Waals surface area contributed by atoms with Crippen molar-refractivity contribution in [1.82, 2.24) is 5.32 Å². The Morgan fingerprint density at radius 2 is 2.25 bits per heavy atom. The fourth-order valence-corrected chi connectivity index (χ4v) is 2.68. The van der Waals surface area contributed by atoms with Gasteiger partial charge in [-0.15, -0.1) is 0 Å². The Bertz CT molecular complexity index is 497. The highest BCUT2D eigenvalue weighted by Crippen LogP contribution is 2.36. The van der Waals surface area contributed by atoms with Crippen molar-refractivity contribution in [3.63, 3.8) is 0 Å². The maximum atomic E-state index is 13.2. The van der Waals surface area contributed by atoms with Crippen LogP contribution in [0.4, 0.5) is 10.1 Å². The van der Waals surface area contributed by atoms with Gasteiger partial charge in [0.15, 0.2) is 0 Å². The molecule has 1 aromatic rings. The second kappa shape index (κ2) is 5.79. The van der Waals surface area contributed by atoms with Crippen LogP contribution >= 0.6 is 0 Å². The molecule has 1 atom stereocenters. The lowest BCUT2D eigenvalue weighted by Crippen LogP contribution is -2.42. The minimum atomic E-state index is -0.417. The molecule has 1 fully saturated rings. The van der Waals surface area contributed by atoms with E-state index < -0.39 is 5.41 Å². The van der Waals surface area contributed by atoms with Crippen molar-refractivity contribution in [1.29, 1.82) is 0 Å². The third-order valence-corrected chi connectivity index (χ3v) is 4.16. The number of carbonyl (C=O) groups excluding carboxylic acids is 1. The largest absolute Gasteiger partial charge is 0.494 e. The van der Waals surface area contributed by atoms with Gasteiger partial charge in [-0.3, -0.25) is 4.79 Å². The van der Waals surface area contributed by atoms with E-state index in [9.17, 15) is 9.18 Å². The molecule has 5 heteroatoms. The van der Waals surface area contributed by atoms with Crippen LogP contribution in [0.3, 0.4) is 0 Å². The van der Waals surface area contributed by atoms with Crippen LogP contribution in [0.15, 0.2) is 18.2 Å². The quantitative estimate of drug-likeness (QED) is 0.890. The molecule has 0 spiro atoms. The van der Waals surface area contributed by atoms with Crippen LogP contribution < -0.4 is 15.4 Å². The fraction of sp³-hybridized carbons (Fsp3) is 0.533. The van der Waals surface area contributed by atoms with E-state index in [2.05, 4.69) is 24.5 Å². The van der Waals surface area contributed by atoms with Crippen LogP contribution in [0.2, 0.25) is 0 Å². The average Bonchev–Trinajstić information content (AvgIpc) is 2.91. The normalized spacial score (nSPS) is 22.1. The zero-order valence-electron chi connectivity index (χ0n) is 12.1. The molecule has 2 N–H and O–H groups in total. The van der Waals surface area contributed by atoms with Gasteiger partial charge < -0.3 is 15.4 Å². The Kier molecular flexibility index (Phi) is 4.28. The predicted octanol–water partition coefficient (Wildman–Crippen LogP) is 2.41. The monoisotopic (exact) mass is 280 g/mol. The van der Waals surface area contributed by atoms with Gasteiger partial charge >= 0.3 is 0 Å². The summed E-state index contributed by atoms with van der Waals surface area (Å²) in [5, 5.41) is 6.13. The van der Waals surface area contributed by atoms with Gasteiger partial charge in [0.25, 0.3) is 0 Å². The molecular weight excluding hydrogens is 259 g/mol. The number of anilines is 1. The van der Waals surface area contributed by atoms with Crippen LogP contribution in [0.1, 0.15) is 20.3 Å². The number of rotatable bonds is 4. The summed E-state index contributed by atoms with van der Waals surface area (Å²) < 4.78 is 18.3. The Balaban J connectivity index is 2.23. The zero-order chi connectivity index (χ0) is 14.8. The number of halogens is 1. The number of carbonyl (C=O) groups is 1. The molecule has 1 aliphatic rings. The molecule has 20 heavy (non-hydrogen) atoms. The van der Waals surface area contributed by atoms with Gasteiger partial charge in [0.05, 0.1) is 18.2 Å². The van der Waals surface area contributed by atoms with Gasteiger partial charge in [0, 0.05) is 12.6 Å². The zero-order valence-corrected chi connectivity index (χ0v) is 12.1. The van der Waals surface area contributed by atoms with Crippen molar-refractivity contribution in [3.05, 3.63) is 24.0 Å². The molecule has 110 valence electrons. The highest BCUT2D eigenvalue weighted by molar-refractivity contribution is 5.97. The third-order valence-electron chi connectivity index (χ3n) is 4.16. The summed E-state index contributed by atoms with van der Waals surface area (Å²) in [6.45, 7) is 5.61. The molecule has 1 saturated heterocycles. The van der Waals surface area contributed by atoms with Gasteiger partial charge in [-0.1, -0.05) is 13.8 Å². The molecule has 0 aliphatic carbocycles. The van der Waals surface area contributed by atoms with Crippen LogP contribution in [-0.4, -0.2) is 26.1 Å². The first-order valence-electron chi connectivity index (χ1n) is 6.85. The summed E-state index contributed by atoms with van der Waals surface area (Å²) in [6.07, 6.45) is 0.806. The highest BCUT2D eigenvalue weighted by Gasteiger charge is 2.44. The van der Waals surface area contributed by atoms with Gasteiger partial charge in [0.1, 0.15) is 11.6 Å². The number of hydrogen-bond donors (Lipinski definition) is 2. The van der Waals surface area contributed by atoms with E-state index in [0.29, 0.717) is 18.0 Å². The first kappa shape index (κ1) is 14.8. The van der Waals surface area contributed by atoms with Crippen LogP contribution in [0.5, 0.6) is 5.75 Å². The molecule has 1 aliphatic heterocycles. The van der Waals surface area contributed by atoms with E-state index in [1.54, 1.807) is 0 Å². The van der Waals surface area contributed by atoms with Crippen molar-refractivity contribution < 1.29 is 13.9 Å². The number of amides is 1. The fourth-order valence-electron chi connectivity index (χ4n) is 2.68. The molecular formula is C15H21FN2O2. The third kappa shape index (κ3) is 2.63. The van der Waals surface area contributed by atoms with E-state index in [1.807, 2.05) is 0 Å². The van der Waals surface area contributed by atoms with Crippen molar-refractivity contribution in [2.24, 2.45) is 11.3 Å². The van der Waals surface area contributed by atoms with Crippen molar-refractivity contribution in [2.75, 3.05) is 25.5 Å². The Morgan fingerprint density at radius 1 is 1.50 bits per heavy atom. The van der Waals surface area contributed by atoms with Crippen molar-refractivity contribution >= 4 is 11.6 Å². The maximum Gasteiger partial charge on any atom is 0.232 e. The lowest BCUT2D eigenvalue weighted by atomic mass is 9.75. The Labute approximate surface area is 118 Å². The lowest BCUT2D eigenvalue weighted by molar-refractivity contribution is -0.126. The molecule has 0 aromatic heterocycles. The molecule has 1 aromatic carbocycles. The Morgan fingerprint density at radius 3 is 2.80 bits per heavy atom. The smallest absolute Gasteiger partial charge is 0.232 e. The van der Waals surface area contributed by atoms with Crippen molar-refractivity contribution in [2.45, 2.75) is 20.3 Å². The van der Waals surface area contributed by atoms with Crippen LogP contribution in [0.25, 0.3) is 0 Å². The SMILES string of the molecule is COc1cc(F)ccc1NC(=O)C1(C(C)C)CCNC1. The van der Waals surface area contributed by atoms with Crippen molar-refractivity contribution in [3.8, 4) is 5.75 Å². The van der Waals surface area contributed by atoms with E-state index in [1.165, 1.54) is 25.3 Å². The summed E-state index contributed by atoms with van der Waals surface area (Å²) in [5.74, 6) is 0.135. The molecule has 1 heterocycles. The second-order valence-corrected chi connectivity index (χ2v) is 5.54. The minimum absolute atomic E-state index is 0.0394. The number of benzene rings is 1. The minimum Gasteiger partial charge on any atom is -0.494 e. The summed E-state index contributed by atoms with van der Waals surface area (Å²) >= 11 is 0. The van der Waals surface area contributed by atoms with E-state index in [-0.39, 0.29) is 17.6 Å². The van der Waals surface area contributed by atoms with Gasteiger partial charge in [-0.05, 0) is 31.0 Å². The second-order valence-electron chi connectivity index (χ2n) is 5.54. The average molecular weight is 280 g/mol. The lowest BCUT2D eigenvalue weighted by Gasteiger charge is -2.31. The molecule has 0 bridgehead atoms. The molecule has 1 amide bonds. The first-order valence-corrected chi connectivity index (χ1v) is 6.85. The summed E-state index contributed by atoms with van der Waals surface area (Å²) in [5.41, 5.74) is 0.0881. The van der Waals surface area contributed by atoms with Gasteiger partial charge in [-0.2, -0.15) is 0 Å². The maximum absolute atomic E-state index is 13.2. The standard InChI is InChI=1S/C15H21FN2O2/c1-10(2)15(6-7-17-9-15)14(19)18-12-5-4-11(16)8-13(12)20-3/h4-5,8,10,17H,6-7,9H2,1-3H3,(H,18,19). The number of methoxy groups -OCH3 is 1. The molecule has 2 rings (SSSR count). The number of hydrogen-bond acceptors (Lipinski definition) is 3. The van der Waals surface area contributed by atoms with Gasteiger partial charge in [-0.25, -0.2) is 4.39 Å². The van der Waals surface area contributed by atoms with E-state index in [4.69, 9.17) is 4.74 Å². The number of ether oxygens (including phenoxy) is 1. The van der Waals surface area contributed by atoms with Crippen LogP contribution in [0, 0.1) is 17.2 Å².